The molecular formula is C13H17ClF3NO3. The fourth-order valence-corrected chi connectivity index (χ4v) is 1.82. The molecule has 1 N–H and O–H groups in total. The number of benzene rings is 1. The van der Waals surface area contributed by atoms with Crippen LogP contribution in [0.5, 0.6) is 11.5 Å². The minimum absolute atomic E-state index is 0.0126. The van der Waals surface area contributed by atoms with E-state index in [1.165, 1.54) is 14.2 Å². The van der Waals surface area contributed by atoms with Crippen molar-refractivity contribution in [2.24, 2.45) is 0 Å². The third-order valence-electron chi connectivity index (χ3n) is 2.52. The Morgan fingerprint density at radius 1 is 1.14 bits per heavy atom. The van der Waals surface area contributed by atoms with Crippen LogP contribution in [0.15, 0.2) is 12.1 Å². The van der Waals surface area contributed by atoms with E-state index in [-0.39, 0.29) is 6.61 Å². The number of rotatable bonds is 8. The molecule has 1 aromatic carbocycles. The number of halogens is 4. The third kappa shape index (κ3) is 6.31. The summed E-state index contributed by atoms with van der Waals surface area (Å²) in [7, 11) is 2.99. The second-order valence-corrected chi connectivity index (χ2v) is 4.54. The van der Waals surface area contributed by atoms with Crippen molar-refractivity contribution in [3.63, 3.8) is 0 Å². The van der Waals surface area contributed by atoms with Gasteiger partial charge in [-0.05, 0) is 12.5 Å². The van der Waals surface area contributed by atoms with E-state index in [1.807, 2.05) is 0 Å². The molecule has 0 spiro atoms. The average molecular weight is 328 g/mol. The van der Waals surface area contributed by atoms with E-state index in [9.17, 15) is 13.2 Å². The standard InChI is InChI=1S/C13H17ClF3NO3/c1-19-11-7-12(20-2)10(6-9(11)14)18-4-3-5-21-8-13(15,16)17/h6-7,18H,3-5,8H2,1-2H3. The molecule has 0 aliphatic heterocycles. The van der Waals surface area contributed by atoms with Gasteiger partial charge in [0, 0.05) is 19.2 Å². The fourth-order valence-electron chi connectivity index (χ4n) is 1.58. The van der Waals surface area contributed by atoms with Crippen molar-refractivity contribution in [1.82, 2.24) is 0 Å². The molecule has 8 heteroatoms. The van der Waals surface area contributed by atoms with Gasteiger partial charge < -0.3 is 19.5 Å². The summed E-state index contributed by atoms with van der Waals surface area (Å²) in [6.45, 7) is -0.791. The summed E-state index contributed by atoms with van der Waals surface area (Å²) >= 11 is 6.00. The van der Waals surface area contributed by atoms with Crippen LogP contribution in [0.3, 0.4) is 0 Å². The van der Waals surface area contributed by atoms with Crippen LogP contribution in [0.25, 0.3) is 0 Å². The van der Waals surface area contributed by atoms with E-state index < -0.39 is 12.8 Å². The van der Waals surface area contributed by atoms with Gasteiger partial charge in [-0.25, -0.2) is 0 Å². The molecule has 1 rings (SSSR count). The first-order valence-corrected chi connectivity index (χ1v) is 6.55. The maximum Gasteiger partial charge on any atom is 0.411 e. The van der Waals surface area contributed by atoms with Crippen molar-refractivity contribution in [1.29, 1.82) is 0 Å². The molecule has 0 fully saturated rings. The zero-order valence-electron chi connectivity index (χ0n) is 11.7. The van der Waals surface area contributed by atoms with Crippen LogP contribution >= 0.6 is 11.6 Å². The molecule has 0 aromatic heterocycles. The SMILES string of the molecule is COc1cc(OC)c(NCCCOCC(F)(F)F)cc1Cl. The maximum atomic E-state index is 11.9. The Morgan fingerprint density at radius 3 is 2.38 bits per heavy atom. The van der Waals surface area contributed by atoms with Gasteiger partial charge in [-0.1, -0.05) is 11.6 Å². The molecule has 0 radical (unpaired) electrons. The molecular weight excluding hydrogens is 311 g/mol. The smallest absolute Gasteiger partial charge is 0.411 e. The minimum Gasteiger partial charge on any atom is -0.495 e. The number of anilines is 1. The molecule has 0 bridgehead atoms. The normalized spacial score (nSPS) is 11.3. The largest absolute Gasteiger partial charge is 0.495 e. The van der Waals surface area contributed by atoms with Crippen LogP contribution in [-0.4, -0.2) is 40.2 Å². The second-order valence-electron chi connectivity index (χ2n) is 4.14. The molecule has 0 atom stereocenters. The lowest BCUT2D eigenvalue weighted by Gasteiger charge is -2.14. The van der Waals surface area contributed by atoms with E-state index in [2.05, 4.69) is 10.1 Å². The molecule has 0 amide bonds. The summed E-state index contributed by atoms with van der Waals surface area (Å²) < 4.78 is 50.3. The van der Waals surface area contributed by atoms with Gasteiger partial charge >= 0.3 is 6.18 Å². The predicted molar refractivity (Wildman–Crippen MR) is 74.5 cm³/mol. The number of nitrogens with one attached hydrogen (secondary N) is 1. The second kappa shape index (κ2) is 8.19. The molecule has 0 saturated carbocycles. The summed E-state index contributed by atoms with van der Waals surface area (Å²) in [5, 5.41) is 3.44. The number of hydrogen-bond donors (Lipinski definition) is 1. The molecule has 21 heavy (non-hydrogen) atoms. The summed E-state index contributed by atoms with van der Waals surface area (Å²) in [6.07, 6.45) is -3.87. The first-order chi connectivity index (χ1) is 9.87. The first kappa shape index (κ1) is 17.7. The van der Waals surface area contributed by atoms with Crippen LogP contribution in [0.2, 0.25) is 5.02 Å². The van der Waals surface area contributed by atoms with Gasteiger partial charge in [0.15, 0.2) is 0 Å². The molecule has 0 aliphatic rings. The van der Waals surface area contributed by atoms with Crippen LogP contribution in [0, 0.1) is 0 Å². The lowest BCUT2D eigenvalue weighted by molar-refractivity contribution is -0.173. The summed E-state index contributed by atoms with van der Waals surface area (Å²) in [6, 6.07) is 3.26. The van der Waals surface area contributed by atoms with Crippen molar-refractivity contribution < 1.29 is 27.4 Å². The number of ether oxygens (including phenoxy) is 3. The zero-order chi connectivity index (χ0) is 15.9. The van der Waals surface area contributed by atoms with E-state index in [0.29, 0.717) is 35.2 Å². The van der Waals surface area contributed by atoms with E-state index >= 15 is 0 Å². The number of hydrogen-bond acceptors (Lipinski definition) is 4. The lowest BCUT2D eigenvalue weighted by Crippen LogP contribution is -2.18. The fraction of sp³-hybridized carbons (Fsp3) is 0.538. The van der Waals surface area contributed by atoms with E-state index in [1.54, 1.807) is 12.1 Å². The van der Waals surface area contributed by atoms with Crippen LogP contribution in [-0.2, 0) is 4.74 Å². The van der Waals surface area contributed by atoms with Crippen LogP contribution in [0.1, 0.15) is 6.42 Å². The average Bonchev–Trinajstić information content (AvgIpc) is 2.41. The Hall–Kier alpha value is -1.34. The van der Waals surface area contributed by atoms with Gasteiger partial charge in [0.05, 0.1) is 24.9 Å². The van der Waals surface area contributed by atoms with Crippen molar-refractivity contribution in [2.75, 3.05) is 39.3 Å². The predicted octanol–water partition coefficient (Wildman–Crippen LogP) is 3.74. The monoisotopic (exact) mass is 327 g/mol. The van der Waals surface area contributed by atoms with Crippen molar-refractivity contribution in [3.05, 3.63) is 17.2 Å². The van der Waals surface area contributed by atoms with E-state index in [0.717, 1.165) is 0 Å². The Labute approximate surface area is 126 Å². The quantitative estimate of drug-likeness (QED) is 0.738. The highest BCUT2D eigenvalue weighted by Gasteiger charge is 2.27. The van der Waals surface area contributed by atoms with Crippen molar-refractivity contribution in [3.8, 4) is 11.5 Å². The molecule has 0 aliphatic carbocycles. The van der Waals surface area contributed by atoms with Gasteiger partial charge in [-0.2, -0.15) is 13.2 Å². The van der Waals surface area contributed by atoms with Gasteiger partial charge in [-0.15, -0.1) is 0 Å². The Morgan fingerprint density at radius 2 is 1.81 bits per heavy atom. The first-order valence-electron chi connectivity index (χ1n) is 6.17. The number of methoxy groups -OCH3 is 2. The summed E-state index contributed by atoms with van der Waals surface area (Å²) in [4.78, 5) is 0. The van der Waals surface area contributed by atoms with Crippen LogP contribution < -0.4 is 14.8 Å². The van der Waals surface area contributed by atoms with Crippen LogP contribution in [0.4, 0.5) is 18.9 Å². The van der Waals surface area contributed by atoms with Crippen molar-refractivity contribution in [2.45, 2.75) is 12.6 Å². The highest BCUT2D eigenvalue weighted by Crippen LogP contribution is 2.35. The molecule has 4 nitrogen and oxygen atoms in total. The molecule has 0 unspecified atom stereocenters. The minimum atomic E-state index is -4.29. The number of alkyl halides is 3. The highest BCUT2D eigenvalue weighted by atomic mass is 35.5. The third-order valence-corrected chi connectivity index (χ3v) is 2.82. The van der Waals surface area contributed by atoms with Crippen molar-refractivity contribution >= 4 is 17.3 Å². The lowest BCUT2D eigenvalue weighted by atomic mass is 10.2. The van der Waals surface area contributed by atoms with Gasteiger partial charge in [-0.3, -0.25) is 0 Å². The summed E-state index contributed by atoms with van der Waals surface area (Å²) in [5.74, 6) is 1.01. The Kier molecular flexibility index (Phi) is 6.91. The molecule has 0 heterocycles. The van der Waals surface area contributed by atoms with Gasteiger partial charge in [0.25, 0.3) is 0 Å². The molecule has 0 saturated heterocycles. The van der Waals surface area contributed by atoms with Gasteiger partial charge in [0.1, 0.15) is 18.1 Å². The summed E-state index contributed by atoms with van der Waals surface area (Å²) in [5.41, 5.74) is 0.638. The maximum absolute atomic E-state index is 11.9. The highest BCUT2D eigenvalue weighted by molar-refractivity contribution is 6.32. The molecule has 1 aromatic rings. The van der Waals surface area contributed by atoms with E-state index in [4.69, 9.17) is 21.1 Å². The Bertz CT molecular complexity index is 455. The molecule has 120 valence electrons. The zero-order valence-corrected chi connectivity index (χ0v) is 12.5. The van der Waals surface area contributed by atoms with Gasteiger partial charge in [0.2, 0.25) is 0 Å². The Balaban J connectivity index is 2.43. The topological polar surface area (TPSA) is 39.7 Å².